The van der Waals surface area contributed by atoms with Gasteiger partial charge in [-0.15, -0.1) is 0 Å². The van der Waals surface area contributed by atoms with Gasteiger partial charge >= 0.3 is 11.9 Å². The number of rotatable bonds is 60. The first kappa shape index (κ1) is 69.9. The van der Waals surface area contributed by atoms with Gasteiger partial charge in [-0.3, -0.25) is 9.59 Å². The molecule has 1 unspecified atom stereocenters. The Balaban J connectivity index is 3.40. The molecule has 0 bridgehead atoms. The van der Waals surface area contributed by atoms with Gasteiger partial charge in [-0.25, -0.2) is 0 Å². The molecule has 72 heavy (non-hydrogen) atoms. The molecular formula is C67H124O5. The van der Waals surface area contributed by atoms with Crippen LogP contribution in [0.15, 0.2) is 48.6 Å². The summed E-state index contributed by atoms with van der Waals surface area (Å²) < 4.78 is 10.7. The number of allylic oxidation sites excluding steroid dienone is 8. The van der Waals surface area contributed by atoms with E-state index in [2.05, 4.69) is 62.5 Å². The summed E-state index contributed by atoms with van der Waals surface area (Å²) in [5.74, 6) is -0.578. The molecule has 0 aliphatic carbocycles. The van der Waals surface area contributed by atoms with Crippen LogP contribution in [0.5, 0.6) is 0 Å². The van der Waals surface area contributed by atoms with Crippen LogP contribution in [-0.2, 0) is 19.1 Å². The summed E-state index contributed by atoms with van der Waals surface area (Å²) in [5, 5.41) is 9.67. The van der Waals surface area contributed by atoms with Crippen LogP contribution in [-0.4, -0.2) is 36.4 Å². The fourth-order valence-corrected chi connectivity index (χ4v) is 9.74. The van der Waals surface area contributed by atoms with E-state index in [1.807, 2.05) is 0 Å². The van der Waals surface area contributed by atoms with Gasteiger partial charge in [0, 0.05) is 12.8 Å². The Morgan fingerprint density at radius 2 is 0.556 bits per heavy atom. The van der Waals surface area contributed by atoms with Crippen molar-refractivity contribution in [1.29, 1.82) is 0 Å². The van der Waals surface area contributed by atoms with Crippen molar-refractivity contribution < 1.29 is 24.2 Å². The van der Waals surface area contributed by atoms with Crippen molar-refractivity contribution in [2.75, 3.05) is 13.2 Å². The van der Waals surface area contributed by atoms with E-state index in [4.69, 9.17) is 9.47 Å². The summed E-state index contributed by atoms with van der Waals surface area (Å²) in [6, 6.07) is 0. The van der Waals surface area contributed by atoms with Gasteiger partial charge < -0.3 is 14.6 Å². The number of hydrogen-bond donors (Lipinski definition) is 1. The molecule has 0 radical (unpaired) electrons. The Hall–Kier alpha value is -2.14. The van der Waals surface area contributed by atoms with Gasteiger partial charge in [-0.2, -0.15) is 0 Å². The first-order valence-corrected chi connectivity index (χ1v) is 32.2. The molecule has 5 nitrogen and oxygen atoms in total. The van der Waals surface area contributed by atoms with Crippen LogP contribution in [0.3, 0.4) is 0 Å². The SMILES string of the molecule is CCCCCCC/C=C\C/C=C\CCCCCCCCCCCCCCCCCCCCCCCCCCCC(=O)OC(CO)COC(=O)CCCCCCCCCCC/C=C\C/C=C\CCCCCCC. The van der Waals surface area contributed by atoms with Gasteiger partial charge in [0.2, 0.25) is 0 Å². The lowest BCUT2D eigenvalue weighted by atomic mass is 10.0. The predicted octanol–water partition coefficient (Wildman–Crippen LogP) is 22.0. The third-order valence-corrected chi connectivity index (χ3v) is 14.6. The van der Waals surface area contributed by atoms with Crippen molar-refractivity contribution in [3.63, 3.8) is 0 Å². The molecule has 1 N–H and O–H groups in total. The second kappa shape index (κ2) is 63.2. The number of hydrogen-bond acceptors (Lipinski definition) is 5. The maximum Gasteiger partial charge on any atom is 0.306 e. The largest absolute Gasteiger partial charge is 0.462 e. The molecule has 1 atom stereocenters. The Labute approximate surface area is 449 Å². The normalized spacial score (nSPS) is 12.4. The average Bonchev–Trinajstić information content (AvgIpc) is 3.38. The van der Waals surface area contributed by atoms with Crippen LogP contribution in [0.2, 0.25) is 0 Å². The zero-order valence-electron chi connectivity index (χ0n) is 48.5. The molecule has 0 aromatic heterocycles. The third-order valence-electron chi connectivity index (χ3n) is 14.6. The third kappa shape index (κ3) is 60.4. The van der Waals surface area contributed by atoms with Gasteiger partial charge in [-0.1, -0.05) is 306 Å². The highest BCUT2D eigenvalue weighted by Crippen LogP contribution is 2.18. The van der Waals surface area contributed by atoms with Crippen LogP contribution in [0, 0.1) is 0 Å². The lowest BCUT2D eigenvalue weighted by Gasteiger charge is -2.15. The van der Waals surface area contributed by atoms with E-state index in [1.165, 1.54) is 270 Å². The number of carbonyl (C=O) groups excluding carboxylic acids is 2. The molecule has 0 fully saturated rings. The van der Waals surface area contributed by atoms with Gasteiger partial charge in [-0.05, 0) is 77.0 Å². The molecule has 0 aliphatic heterocycles. The van der Waals surface area contributed by atoms with Crippen molar-refractivity contribution >= 4 is 11.9 Å². The van der Waals surface area contributed by atoms with E-state index in [9.17, 15) is 14.7 Å². The lowest BCUT2D eigenvalue weighted by Crippen LogP contribution is -2.28. The van der Waals surface area contributed by atoms with E-state index in [1.54, 1.807) is 0 Å². The van der Waals surface area contributed by atoms with E-state index < -0.39 is 6.10 Å². The molecule has 422 valence electrons. The van der Waals surface area contributed by atoms with E-state index in [-0.39, 0.29) is 25.2 Å². The Morgan fingerprint density at radius 1 is 0.319 bits per heavy atom. The summed E-state index contributed by atoms with van der Waals surface area (Å²) in [7, 11) is 0. The van der Waals surface area contributed by atoms with Crippen molar-refractivity contribution in [2.24, 2.45) is 0 Å². The minimum atomic E-state index is -0.773. The maximum absolute atomic E-state index is 12.3. The number of aliphatic hydroxyl groups excluding tert-OH is 1. The smallest absolute Gasteiger partial charge is 0.306 e. The first-order chi connectivity index (χ1) is 35.6. The summed E-state index contributed by atoms with van der Waals surface area (Å²) in [6.45, 7) is 4.16. The molecule has 0 saturated heterocycles. The highest BCUT2D eigenvalue weighted by Gasteiger charge is 2.16. The molecule has 0 aliphatic rings. The van der Waals surface area contributed by atoms with Crippen LogP contribution in [0.25, 0.3) is 0 Å². The lowest BCUT2D eigenvalue weighted by molar-refractivity contribution is -0.161. The number of ether oxygens (including phenoxy) is 2. The van der Waals surface area contributed by atoms with Crippen molar-refractivity contribution in [3.8, 4) is 0 Å². The fourth-order valence-electron chi connectivity index (χ4n) is 9.74. The number of unbranched alkanes of at least 4 members (excludes halogenated alkanes) is 44. The van der Waals surface area contributed by atoms with Crippen LogP contribution < -0.4 is 0 Å². The highest BCUT2D eigenvalue weighted by molar-refractivity contribution is 5.70. The van der Waals surface area contributed by atoms with Gasteiger partial charge in [0.1, 0.15) is 6.61 Å². The van der Waals surface area contributed by atoms with Gasteiger partial charge in [0.05, 0.1) is 6.61 Å². The standard InChI is InChI=1S/C67H124O5/c1-3-5-7-9-11-13-15-17-19-21-23-25-26-27-28-29-30-31-32-33-34-35-36-37-38-39-40-42-44-46-48-50-52-54-56-58-60-62-67(70)72-65(63-68)64-71-66(69)61-59-57-55-53-51-49-47-45-43-41-24-22-20-18-16-14-12-10-8-6-4-2/h15-18,21-24,65,68H,3-14,19-20,25-64H2,1-2H3/b17-15-,18-16-,23-21-,24-22-. The number of carbonyl (C=O) groups is 2. The topological polar surface area (TPSA) is 72.8 Å². The number of aliphatic hydroxyl groups is 1. The first-order valence-electron chi connectivity index (χ1n) is 32.2. The minimum absolute atomic E-state index is 0.0643. The van der Waals surface area contributed by atoms with Gasteiger partial charge in [0.25, 0.3) is 0 Å². The molecule has 0 spiro atoms. The average molecular weight is 1010 g/mol. The van der Waals surface area contributed by atoms with Gasteiger partial charge in [0.15, 0.2) is 6.10 Å². The second-order valence-corrected chi connectivity index (χ2v) is 21.8. The molecular weight excluding hydrogens is 885 g/mol. The zero-order chi connectivity index (χ0) is 52.0. The zero-order valence-corrected chi connectivity index (χ0v) is 48.5. The van der Waals surface area contributed by atoms with Crippen molar-refractivity contribution in [2.45, 2.75) is 354 Å². The summed E-state index contributed by atoms with van der Waals surface area (Å²) in [4.78, 5) is 24.6. The van der Waals surface area contributed by atoms with Crippen LogP contribution in [0.4, 0.5) is 0 Å². The summed E-state index contributed by atoms with van der Waals surface area (Å²) >= 11 is 0. The molecule has 0 aromatic rings. The molecule has 0 rings (SSSR count). The monoisotopic (exact) mass is 1010 g/mol. The molecule has 0 saturated carbocycles. The summed E-state index contributed by atoms with van der Waals surface area (Å²) in [5.41, 5.74) is 0. The Kier molecular flexibility index (Phi) is 61.3. The van der Waals surface area contributed by atoms with Crippen LogP contribution in [0.1, 0.15) is 348 Å². The maximum atomic E-state index is 12.3. The van der Waals surface area contributed by atoms with Crippen molar-refractivity contribution in [3.05, 3.63) is 48.6 Å². The summed E-state index contributed by atoms with van der Waals surface area (Å²) in [6.07, 6.45) is 84.1. The minimum Gasteiger partial charge on any atom is -0.462 e. The van der Waals surface area contributed by atoms with E-state index >= 15 is 0 Å². The fraction of sp³-hybridized carbons (Fsp3) is 0.851. The molecule has 0 amide bonds. The quantitative estimate of drug-likeness (QED) is 0.0373. The van der Waals surface area contributed by atoms with E-state index in [0.717, 1.165) is 51.4 Å². The Morgan fingerprint density at radius 3 is 0.819 bits per heavy atom. The molecule has 5 heteroatoms. The Bertz CT molecular complexity index is 1190. The van der Waals surface area contributed by atoms with E-state index in [0.29, 0.717) is 12.8 Å². The van der Waals surface area contributed by atoms with Crippen molar-refractivity contribution in [1.82, 2.24) is 0 Å². The molecule has 0 heterocycles. The predicted molar refractivity (Wildman–Crippen MR) is 316 cm³/mol. The highest BCUT2D eigenvalue weighted by atomic mass is 16.6. The second-order valence-electron chi connectivity index (χ2n) is 21.8. The van der Waals surface area contributed by atoms with Crippen LogP contribution >= 0.6 is 0 Å². The molecule has 0 aromatic carbocycles. The number of esters is 2.